The molecule has 0 aromatic heterocycles. The van der Waals surface area contributed by atoms with Crippen LogP contribution in [0.1, 0.15) is 37.5 Å². The summed E-state index contributed by atoms with van der Waals surface area (Å²) in [4.78, 5) is 7.02. The predicted octanol–water partition coefficient (Wildman–Crippen LogP) is 7.82. The number of aryl methyl sites for hydroxylation is 1. The maximum atomic E-state index is 6.02. The first-order valence-corrected chi connectivity index (χ1v) is 10.8. The van der Waals surface area contributed by atoms with Crippen molar-refractivity contribution in [2.45, 2.75) is 33.2 Å². The Morgan fingerprint density at radius 3 is 2.42 bits per heavy atom. The third-order valence-electron chi connectivity index (χ3n) is 5.83. The maximum Gasteiger partial charge on any atom is 0.128 e. The van der Waals surface area contributed by atoms with E-state index in [0.29, 0.717) is 10.8 Å². The van der Waals surface area contributed by atoms with Crippen molar-refractivity contribution in [2.24, 2.45) is 4.99 Å². The summed E-state index contributed by atoms with van der Waals surface area (Å²) < 4.78 is 5.85. The molecule has 4 heteroatoms. The number of aliphatic imine (C=N–C) groups is 1. The van der Waals surface area contributed by atoms with E-state index in [4.69, 9.17) is 16.3 Å². The normalized spacial score (nSPS) is 15.0. The summed E-state index contributed by atoms with van der Waals surface area (Å²) >= 11 is 6.02. The summed E-state index contributed by atoms with van der Waals surface area (Å²) in [6.07, 6.45) is 4.26. The molecule has 3 aromatic rings. The summed E-state index contributed by atoms with van der Waals surface area (Å²) in [5, 5.41) is 0.652. The van der Waals surface area contributed by atoms with Gasteiger partial charge in [0.15, 0.2) is 0 Å². The fourth-order valence-corrected chi connectivity index (χ4v) is 4.05. The van der Waals surface area contributed by atoms with Crippen LogP contribution >= 0.6 is 11.6 Å². The summed E-state index contributed by atoms with van der Waals surface area (Å²) in [6.45, 7) is 8.80. The second-order valence-corrected chi connectivity index (χ2v) is 9.01. The largest absolute Gasteiger partial charge is 0.457 e. The van der Waals surface area contributed by atoms with Crippen LogP contribution in [0.15, 0.2) is 71.7 Å². The van der Waals surface area contributed by atoms with E-state index in [0.717, 1.165) is 17.0 Å². The second-order valence-electron chi connectivity index (χ2n) is 8.58. The number of nitrogens with zero attached hydrogens (tertiary/aromatic N) is 2. The minimum Gasteiger partial charge on any atom is -0.457 e. The number of benzene rings is 3. The van der Waals surface area contributed by atoms with Gasteiger partial charge in [0.1, 0.15) is 11.5 Å². The van der Waals surface area contributed by atoms with Gasteiger partial charge >= 0.3 is 0 Å². The zero-order valence-corrected chi connectivity index (χ0v) is 19.4. The zero-order valence-electron chi connectivity index (χ0n) is 18.6. The van der Waals surface area contributed by atoms with Crippen molar-refractivity contribution in [1.29, 1.82) is 0 Å². The Kier molecular flexibility index (Phi) is 5.63. The van der Waals surface area contributed by atoms with Gasteiger partial charge in [0.25, 0.3) is 0 Å². The molecule has 0 fully saturated rings. The molecule has 0 N–H and O–H groups in total. The minimum atomic E-state index is 0.00797. The monoisotopic (exact) mass is 430 g/mol. The van der Waals surface area contributed by atoms with E-state index < -0.39 is 0 Å². The van der Waals surface area contributed by atoms with E-state index in [1.807, 2.05) is 48.7 Å². The molecule has 1 heterocycles. The molecular formula is C27H27ClN2O. The first-order chi connectivity index (χ1) is 14.7. The predicted molar refractivity (Wildman–Crippen MR) is 133 cm³/mol. The van der Waals surface area contributed by atoms with Gasteiger partial charge in [-0.3, -0.25) is 4.99 Å². The molecule has 3 aromatic carbocycles. The van der Waals surface area contributed by atoms with Gasteiger partial charge in [-0.05, 0) is 99.0 Å². The molecule has 1 aliphatic heterocycles. The fraction of sp³-hybridized carbons (Fsp3) is 0.222. The van der Waals surface area contributed by atoms with Crippen LogP contribution in [0.3, 0.4) is 0 Å². The zero-order chi connectivity index (χ0) is 22.2. The lowest BCUT2D eigenvalue weighted by molar-refractivity contribution is 0.483. The highest BCUT2D eigenvalue weighted by Gasteiger charge is 2.28. The fourth-order valence-electron chi connectivity index (χ4n) is 3.87. The van der Waals surface area contributed by atoms with Gasteiger partial charge in [-0.15, -0.1) is 0 Å². The molecule has 3 nitrogen and oxygen atoms in total. The Morgan fingerprint density at radius 2 is 1.71 bits per heavy atom. The van der Waals surface area contributed by atoms with E-state index in [-0.39, 0.29) is 5.54 Å². The van der Waals surface area contributed by atoms with Crippen molar-refractivity contribution >= 4 is 34.8 Å². The Hall–Kier alpha value is -3.04. The number of likely N-dealkylation sites (N-methyl/N-ethyl adjacent to an activating group) is 1. The molecule has 0 saturated carbocycles. The minimum absolute atomic E-state index is 0.00797. The molecule has 0 aliphatic carbocycles. The number of hydrogen-bond donors (Lipinski definition) is 0. The molecule has 0 bridgehead atoms. The summed E-state index contributed by atoms with van der Waals surface area (Å²) in [6, 6.07) is 19.6. The maximum absolute atomic E-state index is 6.02. The van der Waals surface area contributed by atoms with E-state index in [2.05, 4.69) is 62.8 Å². The lowest BCUT2D eigenvalue weighted by Gasteiger charge is -2.41. The third-order valence-corrected chi connectivity index (χ3v) is 6.06. The molecule has 31 heavy (non-hydrogen) atoms. The van der Waals surface area contributed by atoms with Crippen LogP contribution in [0.4, 0.5) is 11.4 Å². The van der Waals surface area contributed by atoms with Gasteiger partial charge in [0.2, 0.25) is 0 Å². The molecule has 0 amide bonds. The Morgan fingerprint density at radius 1 is 0.968 bits per heavy atom. The summed E-state index contributed by atoms with van der Waals surface area (Å²) in [5.74, 6) is 1.46. The van der Waals surface area contributed by atoms with Crippen molar-refractivity contribution in [2.75, 3.05) is 11.9 Å². The van der Waals surface area contributed by atoms with E-state index >= 15 is 0 Å². The SMILES string of the molecule is CC1=CC(C)(C)N(C)c2cc(C)c(C=Nc3ccc(Oc4cccc(Cl)c4)cc3)cc21. The molecule has 158 valence electrons. The molecule has 0 atom stereocenters. The number of halogens is 1. The number of fused-ring (bicyclic) bond motifs is 1. The van der Waals surface area contributed by atoms with Gasteiger partial charge < -0.3 is 9.64 Å². The van der Waals surface area contributed by atoms with Crippen LogP contribution in [0.25, 0.3) is 5.57 Å². The van der Waals surface area contributed by atoms with Gasteiger partial charge in [-0.25, -0.2) is 0 Å². The second kappa shape index (κ2) is 8.24. The molecular weight excluding hydrogens is 404 g/mol. The van der Waals surface area contributed by atoms with Crippen LogP contribution in [0.2, 0.25) is 5.02 Å². The van der Waals surface area contributed by atoms with Gasteiger partial charge in [-0.2, -0.15) is 0 Å². The molecule has 0 spiro atoms. The van der Waals surface area contributed by atoms with Crippen molar-refractivity contribution in [3.63, 3.8) is 0 Å². The molecule has 4 rings (SSSR count). The average molecular weight is 431 g/mol. The van der Waals surface area contributed by atoms with Gasteiger partial charge in [-0.1, -0.05) is 23.7 Å². The summed E-state index contributed by atoms with van der Waals surface area (Å²) in [5.41, 5.74) is 7.05. The lowest BCUT2D eigenvalue weighted by Crippen LogP contribution is -2.42. The molecule has 0 unspecified atom stereocenters. The highest BCUT2D eigenvalue weighted by Crippen LogP contribution is 2.39. The number of anilines is 1. The van der Waals surface area contributed by atoms with Crippen molar-refractivity contribution in [3.05, 3.63) is 88.5 Å². The molecule has 1 aliphatic rings. The topological polar surface area (TPSA) is 24.8 Å². The van der Waals surface area contributed by atoms with Crippen molar-refractivity contribution in [3.8, 4) is 11.5 Å². The third kappa shape index (κ3) is 4.52. The van der Waals surface area contributed by atoms with E-state index in [9.17, 15) is 0 Å². The molecule has 0 saturated heterocycles. The first-order valence-electron chi connectivity index (χ1n) is 10.4. The Balaban J connectivity index is 1.54. The molecule has 0 radical (unpaired) electrons. The summed E-state index contributed by atoms with van der Waals surface area (Å²) in [7, 11) is 2.15. The van der Waals surface area contributed by atoms with Crippen LogP contribution in [0.5, 0.6) is 11.5 Å². The number of rotatable bonds is 4. The van der Waals surface area contributed by atoms with E-state index in [1.165, 1.54) is 22.4 Å². The standard InChI is InChI=1S/C27H27ClN2O/c1-18-13-26-25(19(2)16-27(3,4)30(26)5)14-20(18)17-29-22-9-11-23(12-10-22)31-24-8-6-7-21(28)15-24/h6-17H,1-5H3. The van der Waals surface area contributed by atoms with Gasteiger partial charge in [0, 0.05) is 29.5 Å². The number of ether oxygens (including phenoxy) is 1. The van der Waals surface area contributed by atoms with Crippen molar-refractivity contribution in [1.82, 2.24) is 0 Å². The van der Waals surface area contributed by atoms with Crippen LogP contribution < -0.4 is 9.64 Å². The Bertz CT molecular complexity index is 1180. The van der Waals surface area contributed by atoms with E-state index in [1.54, 1.807) is 6.07 Å². The average Bonchev–Trinajstić information content (AvgIpc) is 2.72. The van der Waals surface area contributed by atoms with Crippen LogP contribution in [-0.4, -0.2) is 18.8 Å². The number of allylic oxidation sites excluding steroid dienone is 1. The van der Waals surface area contributed by atoms with Crippen LogP contribution in [-0.2, 0) is 0 Å². The number of hydrogen-bond acceptors (Lipinski definition) is 3. The highest BCUT2D eigenvalue weighted by molar-refractivity contribution is 6.30. The van der Waals surface area contributed by atoms with Gasteiger partial charge in [0.05, 0.1) is 11.2 Å². The van der Waals surface area contributed by atoms with Crippen LogP contribution in [0, 0.1) is 6.92 Å². The Labute approximate surface area is 189 Å². The lowest BCUT2D eigenvalue weighted by atomic mass is 9.87. The van der Waals surface area contributed by atoms with Crippen molar-refractivity contribution < 1.29 is 4.74 Å². The first kappa shape index (κ1) is 21.2. The quantitative estimate of drug-likeness (QED) is 0.394. The highest BCUT2D eigenvalue weighted by atomic mass is 35.5. The smallest absolute Gasteiger partial charge is 0.128 e.